The van der Waals surface area contributed by atoms with Crippen LogP contribution in [-0.2, 0) is 25.4 Å². The summed E-state index contributed by atoms with van der Waals surface area (Å²) in [6.45, 7) is 0.290. The van der Waals surface area contributed by atoms with Gasteiger partial charge in [-0.1, -0.05) is 11.6 Å². The molecule has 0 atom stereocenters. The summed E-state index contributed by atoms with van der Waals surface area (Å²) >= 11 is 6.00. The highest BCUT2D eigenvalue weighted by atomic mass is 35.5. The number of likely N-dealkylation sites (N-methyl/N-ethyl adjacent to an activating group) is 1. The van der Waals surface area contributed by atoms with E-state index in [1.807, 2.05) is 0 Å². The van der Waals surface area contributed by atoms with Crippen molar-refractivity contribution in [3.63, 3.8) is 0 Å². The molecular formula is C18H20ClN3O4. The number of hydrogen-bond donors (Lipinski definition) is 0. The Morgan fingerprint density at radius 3 is 2.65 bits per heavy atom. The van der Waals surface area contributed by atoms with Crippen molar-refractivity contribution in [1.82, 2.24) is 14.0 Å². The highest BCUT2D eigenvalue weighted by molar-refractivity contribution is 6.30. The minimum absolute atomic E-state index is 0.247. The summed E-state index contributed by atoms with van der Waals surface area (Å²) in [5, 5.41) is 0.547. The van der Waals surface area contributed by atoms with Crippen molar-refractivity contribution < 1.29 is 9.53 Å². The van der Waals surface area contributed by atoms with Gasteiger partial charge in [0.25, 0.3) is 5.56 Å². The van der Waals surface area contributed by atoms with E-state index in [-0.39, 0.29) is 18.0 Å². The van der Waals surface area contributed by atoms with Gasteiger partial charge in [0.15, 0.2) is 0 Å². The molecule has 0 unspecified atom stereocenters. The first-order valence-corrected chi connectivity index (χ1v) is 8.14. The molecule has 2 aromatic rings. The quantitative estimate of drug-likeness (QED) is 0.739. The summed E-state index contributed by atoms with van der Waals surface area (Å²) in [5.74, 6) is 0.327. The fraction of sp³-hybridized carbons (Fsp3) is 0.278. The molecule has 1 aromatic heterocycles. The fourth-order valence-corrected chi connectivity index (χ4v) is 2.64. The molecule has 0 saturated heterocycles. The average Bonchev–Trinajstić information content (AvgIpc) is 2.61. The van der Waals surface area contributed by atoms with Gasteiger partial charge in [0.05, 0.1) is 12.7 Å². The van der Waals surface area contributed by atoms with Crippen molar-refractivity contribution in [2.75, 3.05) is 14.2 Å². The third kappa shape index (κ3) is 4.23. The molecule has 2 rings (SSSR count). The van der Waals surface area contributed by atoms with E-state index in [1.54, 1.807) is 39.4 Å². The van der Waals surface area contributed by atoms with Crippen molar-refractivity contribution in [3.8, 4) is 5.75 Å². The van der Waals surface area contributed by atoms with Crippen LogP contribution in [-0.4, -0.2) is 34.1 Å². The molecule has 7 nitrogen and oxygen atoms in total. The summed E-state index contributed by atoms with van der Waals surface area (Å²) in [6.07, 6.45) is 4.09. The molecule has 8 heteroatoms. The number of hydrogen-bond acceptors (Lipinski definition) is 4. The maximum Gasteiger partial charge on any atom is 0.330 e. The number of ether oxygens (including phenoxy) is 1. The van der Waals surface area contributed by atoms with Crippen LogP contribution in [0.15, 0.2) is 40.1 Å². The Balaban J connectivity index is 2.20. The maximum absolute atomic E-state index is 12.3. The lowest BCUT2D eigenvalue weighted by atomic mass is 10.2. The van der Waals surface area contributed by atoms with Crippen LogP contribution in [0.2, 0.25) is 5.02 Å². The van der Waals surface area contributed by atoms with Gasteiger partial charge in [-0.25, -0.2) is 4.79 Å². The molecule has 1 heterocycles. The second-order valence-electron chi connectivity index (χ2n) is 5.83. The van der Waals surface area contributed by atoms with Gasteiger partial charge in [-0.15, -0.1) is 0 Å². The number of rotatable bonds is 5. The molecule has 1 amide bonds. The van der Waals surface area contributed by atoms with Crippen LogP contribution >= 0.6 is 11.6 Å². The Labute approximate surface area is 155 Å². The van der Waals surface area contributed by atoms with Crippen molar-refractivity contribution in [2.24, 2.45) is 14.1 Å². The first kappa shape index (κ1) is 19.5. The number of carbonyl (C=O) groups excluding carboxylic acids is 1. The van der Waals surface area contributed by atoms with Gasteiger partial charge < -0.3 is 14.2 Å². The zero-order valence-electron chi connectivity index (χ0n) is 15.0. The number of aryl methyl sites for hydroxylation is 1. The summed E-state index contributed by atoms with van der Waals surface area (Å²) in [7, 11) is 6.11. The number of methoxy groups -OCH3 is 1. The standard InChI is InChI=1S/C18H20ClN3O4/c1-20(11-13-9-14(19)6-7-15(13)26-4)16(23)8-5-12-10-21(2)18(25)22(3)17(12)24/h5-10H,11H2,1-4H3/b8-5+. The van der Waals surface area contributed by atoms with E-state index >= 15 is 0 Å². The topological polar surface area (TPSA) is 73.5 Å². The van der Waals surface area contributed by atoms with Gasteiger partial charge in [0.2, 0.25) is 5.91 Å². The zero-order valence-corrected chi connectivity index (χ0v) is 15.8. The fourth-order valence-electron chi connectivity index (χ4n) is 2.44. The van der Waals surface area contributed by atoms with Crippen LogP contribution in [0.3, 0.4) is 0 Å². The van der Waals surface area contributed by atoms with Gasteiger partial charge in [0, 0.05) is 50.5 Å². The highest BCUT2D eigenvalue weighted by Crippen LogP contribution is 2.23. The highest BCUT2D eigenvalue weighted by Gasteiger charge is 2.11. The minimum Gasteiger partial charge on any atom is -0.496 e. The van der Waals surface area contributed by atoms with E-state index in [4.69, 9.17) is 16.3 Å². The van der Waals surface area contributed by atoms with Crippen LogP contribution in [0.5, 0.6) is 5.75 Å². The molecule has 26 heavy (non-hydrogen) atoms. The summed E-state index contributed by atoms with van der Waals surface area (Å²) in [6, 6.07) is 5.18. The van der Waals surface area contributed by atoms with Crippen LogP contribution < -0.4 is 16.0 Å². The number of aromatic nitrogens is 2. The van der Waals surface area contributed by atoms with Crippen molar-refractivity contribution in [2.45, 2.75) is 6.54 Å². The number of halogens is 1. The summed E-state index contributed by atoms with van der Waals surface area (Å²) < 4.78 is 7.55. The van der Waals surface area contributed by atoms with Crippen LogP contribution in [0.1, 0.15) is 11.1 Å². The SMILES string of the molecule is COc1ccc(Cl)cc1CN(C)C(=O)/C=C/c1cn(C)c(=O)n(C)c1=O. The Kier molecular flexibility index (Phi) is 6.05. The number of nitrogens with zero attached hydrogens (tertiary/aromatic N) is 3. The molecule has 0 spiro atoms. The lowest BCUT2D eigenvalue weighted by molar-refractivity contribution is -0.125. The van der Waals surface area contributed by atoms with Gasteiger partial charge in [-0.05, 0) is 24.3 Å². The third-order valence-corrected chi connectivity index (χ3v) is 4.14. The Morgan fingerprint density at radius 2 is 2.00 bits per heavy atom. The van der Waals surface area contributed by atoms with E-state index in [9.17, 15) is 14.4 Å². The van der Waals surface area contributed by atoms with Crippen LogP contribution in [0.25, 0.3) is 6.08 Å². The number of amides is 1. The smallest absolute Gasteiger partial charge is 0.330 e. The first-order chi connectivity index (χ1) is 12.2. The van der Waals surface area contributed by atoms with E-state index in [2.05, 4.69) is 0 Å². The molecule has 0 aliphatic heterocycles. The second-order valence-corrected chi connectivity index (χ2v) is 6.26. The molecule has 0 fully saturated rings. The van der Waals surface area contributed by atoms with E-state index in [0.29, 0.717) is 10.8 Å². The molecule has 0 aliphatic rings. The first-order valence-electron chi connectivity index (χ1n) is 7.77. The second kappa shape index (κ2) is 8.05. The summed E-state index contributed by atoms with van der Waals surface area (Å²) in [4.78, 5) is 37.6. The predicted molar refractivity (Wildman–Crippen MR) is 100 cm³/mol. The van der Waals surface area contributed by atoms with Gasteiger partial charge >= 0.3 is 5.69 Å². The zero-order chi connectivity index (χ0) is 19.4. The molecule has 1 aromatic carbocycles. The average molecular weight is 378 g/mol. The summed E-state index contributed by atoms with van der Waals surface area (Å²) in [5.41, 5.74) is 0.124. The molecule has 0 saturated carbocycles. The van der Waals surface area contributed by atoms with E-state index in [0.717, 1.165) is 10.1 Å². The maximum atomic E-state index is 12.3. The molecule has 0 bridgehead atoms. The van der Waals surface area contributed by atoms with Gasteiger partial charge in [0.1, 0.15) is 5.75 Å². The Hall–Kier alpha value is -2.80. The van der Waals surface area contributed by atoms with Gasteiger partial charge in [-0.2, -0.15) is 0 Å². The lowest BCUT2D eigenvalue weighted by Crippen LogP contribution is -2.37. The third-order valence-electron chi connectivity index (χ3n) is 3.90. The van der Waals surface area contributed by atoms with Crippen molar-refractivity contribution in [1.29, 1.82) is 0 Å². The molecule has 0 N–H and O–H groups in total. The molecule has 0 radical (unpaired) electrons. The minimum atomic E-state index is -0.462. The van der Waals surface area contributed by atoms with Crippen molar-refractivity contribution in [3.05, 3.63) is 67.5 Å². The number of carbonyl (C=O) groups is 1. The van der Waals surface area contributed by atoms with Crippen molar-refractivity contribution >= 4 is 23.6 Å². The lowest BCUT2D eigenvalue weighted by Gasteiger charge is -2.17. The molecule has 138 valence electrons. The van der Waals surface area contributed by atoms with Crippen LogP contribution in [0, 0.1) is 0 Å². The molecule has 0 aliphatic carbocycles. The van der Waals surface area contributed by atoms with E-state index in [1.165, 1.54) is 34.9 Å². The van der Waals surface area contributed by atoms with Crippen LogP contribution in [0.4, 0.5) is 0 Å². The Morgan fingerprint density at radius 1 is 1.31 bits per heavy atom. The van der Waals surface area contributed by atoms with E-state index < -0.39 is 11.2 Å². The number of benzene rings is 1. The Bertz CT molecular complexity index is 975. The molecular weight excluding hydrogens is 358 g/mol. The normalized spacial score (nSPS) is 11.0. The monoisotopic (exact) mass is 377 g/mol. The predicted octanol–water partition coefficient (Wildman–Crippen LogP) is 1.42. The largest absolute Gasteiger partial charge is 0.496 e. The van der Waals surface area contributed by atoms with Gasteiger partial charge in [-0.3, -0.25) is 14.2 Å².